The third-order valence-electron chi connectivity index (χ3n) is 4.11. The summed E-state index contributed by atoms with van der Waals surface area (Å²) in [6, 6.07) is 7.85. The van der Waals surface area contributed by atoms with Crippen LogP contribution in [0.2, 0.25) is 0 Å². The number of carbonyl (C=O) groups excluding carboxylic acids is 1. The number of likely N-dealkylation sites (N-methyl/N-ethyl adjacent to an activating group) is 1. The Morgan fingerprint density at radius 2 is 1.94 bits per heavy atom. The Hall–Kier alpha value is -1.82. The fourth-order valence-corrected chi connectivity index (χ4v) is 3.06. The number of fused-ring (bicyclic) bond motifs is 1. The van der Waals surface area contributed by atoms with Gasteiger partial charge in [-0.3, -0.25) is 4.79 Å². The van der Waals surface area contributed by atoms with Crippen molar-refractivity contribution in [3.8, 4) is 6.07 Å². The standard InChI is InChI=1S/C15H18N2O/c1-4-15(5-2)13-11(10-16)8-7-9-12(13)17(6-3)14(15)18/h7-9H,4-6H2,1-3H3. The molecule has 94 valence electrons. The van der Waals surface area contributed by atoms with Gasteiger partial charge in [-0.15, -0.1) is 0 Å². The number of hydrogen-bond acceptors (Lipinski definition) is 2. The van der Waals surface area contributed by atoms with Gasteiger partial charge in [0, 0.05) is 17.8 Å². The molecule has 0 fully saturated rings. The summed E-state index contributed by atoms with van der Waals surface area (Å²) in [6.45, 7) is 6.68. The van der Waals surface area contributed by atoms with Crippen LogP contribution in [0.25, 0.3) is 0 Å². The van der Waals surface area contributed by atoms with Gasteiger partial charge in [-0.25, -0.2) is 0 Å². The normalized spacial score (nSPS) is 16.6. The molecule has 0 unspecified atom stereocenters. The highest BCUT2D eigenvalue weighted by Crippen LogP contribution is 2.47. The fraction of sp³-hybridized carbons (Fsp3) is 0.467. The van der Waals surface area contributed by atoms with E-state index in [1.807, 2.05) is 43.9 Å². The Bertz CT molecular complexity index is 524. The van der Waals surface area contributed by atoms with Crippen molar-refractivity contribution in [2.24, 2.45) is 0 Å². The van der Waals surface area contributed by atoms with E-state index >= 15 is 0 Å². The quantitative estimate of drug-likeness (QED) is 0.817. The average Bonchev–Trinajstić information content (AvgIpc) is 2.66. The van der Waals surface area contributed by atoms with Crippen LogP contribution in [0.15, 0.2) is 18.2 Å². The molecule has 0 bridgehead atoms. The molecule has 0 aliphatic carbocycles. The molecule has 1 amide bonds. The largest absolute Gasteiger partial charge is 0.312 e. The second-order valence-corrected chi connectivity index (χ2v) is 4.65. The Morgan fingerprint density at radius 3 is 2.44 bits per heavy atom. The molecular weight excluding hydrogens is 224 g/mol. The van der Waals surface area contributed by atoms with Gasteiger partial charge in [-0.2, -0.15) is 5.26 Å². The highest BCUT2D eigenvalue weighted by atomic mass is 16.2. The lowest BCUT2D eigenvalue weighted by molar-refractivity contribution is -0.123. The minimum absolute atomic E-state index is 0.146. The first-order valence-electron chi connectivity index (χ1n) is 6.51. The average molecular weight is 242 g/mol. The molecule has 1 heterocycles. The number of anilines is 1. The molecule has 1 aromatic rings. The molecule has 18 heavy (non-hydrogen) atoms. The number of rotatable bonds is 3. The van der Waals surface area contributed by atoms with Crippen molar-refractivity contribution in [3.63, 3.8) is 0 Å². The van der Waals surface area contributed by atoms with Crippen LogP contribution in [0.4, 0.5) is 5.69 Å². The molecular formula is C15H18N2O. The highest BCUT2D eigenvalue weighted by Gasteiger charge is 2.49. The summed E-state index contributed by atoms with van der Waals surface area (Å²) in [5.41, 5.74) is 1.99. The van der Waals surface area contributed by atoms with Crippen molar-refractivity contribution in [3.05, 3.63) is 29.3 Å². The first-order valence-corrected chi connectivity index (χ1v) is 6.51. The smallest absolute Gasteiger partial charge is 0.237 e. The third-order valence-corrected chi connectivity index (χ3v) is 4.11. The highest BCUT2D eigenvalue weighted by molar-refractivity contribution is 6.08. The van der Waals surface area contributed by atoms with Gasteiger partial charge in [-0.1, -0.05) is 19.9 Å². The van der Waals surface area contributed by atoms with Crippen LogP contribution in [-0.4, -0.2) is 12.5 Å². The van der Waals surface area contributed by atoms with Crippen molar-refractivity contribution >= 4 is 11.6 Å². The molecule has 0 aromatic heterocycles. The molecule has 0 radical (unpaired) electrons. The van der Waals surface area contributed by atoms with Gasteiger partial charge in [0.1, 0.15) is 0 Å². The number of hydrogen-bond donors (Lipinski definition) is 0. The molecule has 3 heteroatoms. The molecule has 1 aliphatic rings. The zero-order valence-electron chi connectivity index (χ0n) is 11.2. The van der Waals surface area contributed by atoms with Crippen molar-refractivity contribution in [2.45, 2.75) is 39.0 Å². The van der Waals surface area contributed by atoms with E-state index in [1.165, 1.54) is 0 Å². The Balaban J connectivity index is 2.77. The molecule has 0 saturated heterocycles. The SMILES string of the molecule is CCN1C(=O)C(CC)(CC)c2c(C#N)cccc21. The van der Waals surface area contributed by atoms with Crippen molar-refractivity contribution in [1.29, 1.82) is 5.26 Å². The van der Waals surface area contributed by atoms with Crippen molar-refractivity contribution in [2.75, 3.05) is 11.4 Å². The van der Waals surface area contributed by atoms with E-state index in [0.29, 0.717) is 12.1 Å². The number of nitriles is 1. The molecule has 0 saturated carbocycles. The second-order valence-electron chi connectivity index (χ2n) is 4.65. The maximum Gasteiger partial charge on any atom is 0.237 e. The lowest BCUT2D eigenvalue weighted by Crippen LogP contribution is -2.39. The molecule has 2 rings (SSSR count). The maximum absolute atomic E-state index is 12.7. The number of benzene rings is 1. The van der Waals surface area contributed by atoms with Gasteiger partial charge in [0.15, 0.2) is 0 Å². The van der Waals surface area contributed by atoms with Gasteiger partial charge in [0.25, 0.3) is 0 Å². The van der Waals surface area contributed by atoms with E-state index in [0.717, 1.165) is 24.1 Å². The molecule has 3 nitrogen and oxygen atoms in total. The van der Waals surface area contributed by atoms with Crippen LogP contribution in [-0.2, 0) is 10.2 Å². The van der Waals surface area contributed by atoms with E-state index in [1.54, 1.807) is 0 Å². The van der Waals surface area contributed by atoms with Crippen LogP contribution in [0.5, 0.6) is 0 Å². The van der Waals surface area contributed by atoms with E-state index < -0.39 is 5.41 Å². The molecule has 1 aromatic carbocycles. The van der Waals surface area contributed by atoms with Crippen molar-refractivity contribution < 1.29 is 4.79 Å². The summed E-state index contributed by atoms with van der Waals surface area (Å²) in [5.74, 6) is 0.146. The van der Waals surface area contributed by atoms with Crippen molar-refractivity contribution in [1.82, 2.24) is 0 Å². The Kier molecular flexibility index (Phi) is 3.13. The number of nitrogens with zero attached hydrogens (tertiary/aromatic N) is 2. The minimum atomic E-state index is -0.502. The predicted molar refractivity (Wildman–Crippen MR) is 71.4 cm³/mol. The Labute approximate surface area is 108 Å². The monoisotopic (exact) mass is 242 g/mol. The predicted octanol–water partition coefficient (Wildman–Crippen LogP) is 2.98. The zero-order chi connectivity index (χ0) is 13.3. The van der Waals surface area contributed by atoms with E-state index in [2.05, 4.69) is 6.07 Å². The summed E-state index contributed by atoms with van der Waals surface area (Å²) in [7, 11) is 0. The first-order chi connectivity index (χ1) is 8.66. The summed E-state index contributed by atoms with van der Waals surface area (Å²) in [6.07, 6.45) is 1.48. The summed E-state index contributed by atoms with van der Waals surface area (Å²) in [4.78, 5) is 14.5. The first kappa shape index (κ1) is 12.6. The summed E-state index contributed by atoms with van der Waals surface area (Å²) >= 11 is 0. The van der Waals surface area contributed by atoms with Crippen LogP contribution < -0.4 is 4.90 Å². The topological polar surface area (TPSA) is 44.1 Å². The molecule has 0 spiro atoms. The summed E-state index contributed by atoms with van der Waals surface area (Å²) in [5, 5.41) is 9.29. The van der Waals surface area contributed by atoms with Crippen LogP contribution in [0.1, 0.15) is 44.7 Å². The molecule has 1 aliphatic heterocycles. The van der Waals surface area contributed by atoms with Gasteiger partial charge >= 0.3 is 0 Å². The lowest BCUT2D eigenvalue weighted by Gasteiger charge is -2.26. The second kappa shape index (κ2) is 4.45. The Morgan fingerprint density at radius 1 is 1.28 bits per heavy atom. The fourth-order valence-electron chi connectivity index (χ4n) is 3.06. The van der Waals surface area contributed by atoms with Gasteiger partial charge in [0.05, 0.1) is 17.0 Å². The lowest BCUT2D eigenvalue weighted by atomic mass is 9.75. The number of carbonyl (C=O) groups is 1. The van der Waals surface area contributed by atoms with Crippen LogP contribution >= 0.6 is 0 Å². The van der Waals surface area contributed by atoms with E-state index in [4.69, 9.17) is 0 Å². The maximum atomic E-state index is 12.7. The van der Waals surface area contributed by atoms with E-state index in [9.17, 15) is 10.1 Å². The third kappa shape index (κ3) is 1.38. The summed E-state index contributed by atoms with van der Waals surface area (Å²) < 4.78 is 0. The van der Waals surface area contributed by atoms with E-state index in [-0.39, 0.29) is 5.91 Å². The van der Waals surface area contributed by atoms with Gasteiger partial charge in [-0.05, 0) is 31.9 Å². The van der Waals surface area contributed by atoms with Gasteiger partial charge < -0.3 is 4.90 Å². The van der Waals surface area contributed by atoms with Gasteiger partial charge in [0.2, 0.25) is 5.91 Å². The number of amides is 1. The molecule has 0 atom stereocenters. The molecule has 0 N–H and O–H groups in total. The zero-order valence-corrected chi connectivity index (χ0v) is 11.2. The van der Waals surface area contributed by atoms with Crippen LogP contribution in [0.3, 0.4) is 0 Å². The minimum Gasteiger partial charge on any atom is -0.312 e. The van der Waals surface area contributed by atoms with Crippen LogP contribution in [0, 0.1) is 11.3 Å².